The van der Waals surface area contributed by atoms with E-state index in [1.54, 1.807) is 12.1 Å². The minimum Gasteiger partial charge on any atom is -0.305 e. The Morgan fingerprint density at radius 1 is 1.37 bits per heavy atom. The van der Waals surface area contributed by atoms with Crippen LogP contribution < -0.4 is 5.32 Å². The fourth-order valence-corrected chi connectivity index (χ4v) is 2.00. The number of hydrogen-bond acceptors (Lipinski definition) is 2. The number of aromatic nitrogens is 2. The van der Waals surface area contributed by atoms with Crippen molar-refractivity contribution >= 4 is 27.7 Å². The summed E-state index contributed by atoms with van der Waals surface area (Å²) in [5.41, 5.74) is 2.70. The van der Waals surface area contributed by atoms with Gasteiger partial charge in [-0.05, 0) is 30.5 Å². The van der Waals surface area contributed by atoms with Crippen LogP contribution in [0.15, 0.2) is 28.7 Å². The number of halogens is 1. The molecule has 0 aliphatic rings. The number of rotatable bonds is 3. The van der Waals surface area contributed by atoms with E-state index in [4.69, 9.17) is 0 Å². The molecule has 1 aromatic carbocycles. The minimum absolute atomic E-state index is 0.164. The van der Waals surface area contributed by atoms with Gasteiger partial charge in [-0.2, -0.15) is 5.10 Å². The third-order valence-electron chi connectivity index (χ3n) is 2.90. The van der Waals surface area contributed by atoms with Crippen LogP contribution >= 0.6 is 15.9 Å². The number of aryl methyl sites for hydroxylation is 1. The zero-order valence-corrected chi connectivity index (χ0v) is 12.7. The van der Waals surface area contributed by atoms with Gasteiger partial charge in [0.2, 0.25) is 0 Å². The number of nitrogens with zero attached hydrogens (tertiary/aromatic N) is 1. The van der Waals surface area contributed by atoms with Gasteiger partial charge in [0.15, 0.2) is 5.82 Å². The first-order valence-corrected chi connectivity index (χ1v) is 6.89. The largest absolute Gasteiger partial charge is 0.305 e. The van der Waals surface area contributed by atoms with Crippen molar-refractivity contribution in [2.75, 3.05) is 5.32 Å². The molecule has 2 rings (SSSR count). The molecule has 0 saturated carbocycles. The first kappa shape index (κ1) is 13.8. The zero-order valence-electron chi connectivity index (χ0n) is 11.1. The van der Waals surface area contributed by atoms with Crippen molar-refractivity contribution in [2.24, 2.45) is 0 Å². The molecule has 0 unspecified atom stereocenters. The second-order valence-electron chi connectivity index (χ2n) is 4.78. The minimum atomic E-state index is -0.164. The summed E-state index contributed by atoms with van der Waals surface area (Å²) in [6.45, 7) is 6.11. The quantitative estimate of drug-likeness (QED) is 0.901. The molecule has 0 spiro atoms. The summed E-state index contributed by atoms with van der Waals surface area (Å²) in [4.78, 5) is 12.1. The molecule has 19 heavy (non-hydrogen) atoms. The summed E-state index contributed by atoms with van der Waals surface area (Å²) in [5.74, 6) is 0.736. The van der Waals surface area contributed by atoms with Crippen LogP contribution in [0.1, 0.15) is 41.4 Å². The highest BCUT2D eigenvalue weighted by atomic mass is 79.9. The lowest BCUT2D eigenvalue weighted by molar-refractivity contribution is 0.102. The van der Waals surface area contributed by atoms with Crippen LogP contribution in [0.25, 0.3) is 0 Å². The van der Waals surface area contributed by atoms with Gasteiger partial charge in [0.05, 0.1) is 0 Å². The summed E-state index contributed by atoms with van der Waals surface area (Å²) < 4.78 is 0.921. The van der Waals surface area contributed by atoms with Gasteiger partial charge in [-0.1, -0.05) is 35.8 Å². The van der Waals surface area contributed by atoms with Crippen LogP contribution in [0.3, 0.4) is 0 Å². The first-order chi connectivity index (χ1) is 8.97. The number of nitrogens with one attached hydrogen (secondary N) is 2. The van der Waals surface area contributed by atoms with Crippen molar-refractivity contribution in [3.05, 3.63) is 45.6 Å². The molecule has 1 amide bonds. The molecule has 5 heteroatoms. The van der Waals surface area contributed by atoms with E-state index < -0.39 is 0 Å². The molecule has 2 aromatic rings. The predicted molar refractivity (Wildman–Crippen MR) is 79.5 cm³/mol. The Labute approximate surface area is 120 Å². The number of hydrogen-bond donors (Lipinski definition) is 2. The lowest BCUT2D eigenvalue weighted by atomic mass is 10.1. The van der Waals surface area contributed by atoms with Gasteiger partial charge in [-0.15, -0.1) is 0 Å². The predicted octanol–water partition coefficient (Wildman–Crippen LogP) is 3.86. The highest BCUT2D eigenvalue weighted by Gasteiger charge is 2.10. The number of carbonyl (C=O) groups excluding carboxylic acids is 1. The maximum atomic E-state index is 12.1. The normalized spacial score (nSPS) is 10.8. The molecule has 1 aromatic heterocycles. The maximum absolute atomic E-state index is 12.1. The zero-order chi connectivity index (χ0) is 14.0. The van der Waals surface area contributed by atoms with E-state index in [1.807, 2.05) is 19.1 Å². The third kappa shape index (κ3) is 3.23. The lowest BCUT2D eigenvalue weighted by Crippen LogP contribution is -2.12. The number of anilines is 1. The first-order valence-electron chi connectivity index (χ1n) is 6.10. The standard InChI is InChI=1S/C14H16BrN3O/c1-8(2)12-7-13(18-17-12)16-14(19)10-5-4-9(3)11(15)6-10/h4-8H,1-3H3,(H2,16,17,18,19). The van der Waals surface area contributed by atoms with Crippen LogP contribution in [0.2, 0.25) is 0 Å². The number of H-pyrrole nitrogens is 1. The molecule has 0 bridgehead atoms. The molecule has 0 aliphatic heterocycles. The molecule has 0 atom stereocenters. The maximum Gasteiger partial charge on any atom is 0.256 e. The Hall–Kier alpha value is -1.62. The van der Waals surface area contributed by atoms with Crippen molar-refractivity contribution < 1.29 is 4.79 Å². The van der Waals surface area contributed by atoms with Gasteiger partial charge in [-0.3, -0.25) is 9.89 Å². The molecule has 0 saturated heterocycles. The number of carbonyl (C=O) groups is 1. The fourth-order valence-electron chi connectivity index (χ4n) is 1.62. The van der Waals surface area contributed by atoms with Crippen LogP contribution in [-0.2, 0) is 0 Å². The second kappa shape index (κ2) is 5.57. The van der Waals surface area contributed by atoms with Gasteiger partial charge in [0.1, 0.15) is 0 Å². The Kier molecular flexibility index (Phi) is 4.04. The van der Waals surface area contributed by atoms with Crippen molar-refractivity contribution in [1.82, 2.24) is 10.2 Å². The second-order valence-corrected chi connectivity index (χ2v) is 5.64. The highest BCUT2D eigenvalue weighted by molar-refractivity contribution is 9.10. The molecule has 0 fully saturated rings. The SMILES string of the molecule is Cc1ccc(C(=O)Nc2cc(C(C)C)[nH]n2)cc1Br. The van der Waals surface area contributed by atoms with Crippen molar-refractivity contribution in [2.45, 2.75) is 26.7 Å². The average Bonchev–Trinajstić information content (AvgIpc) is 2.81. The van der Waals surface area contributed by atoms with E-state index in [1.165, 1.54) is 0 Å². The summed E-state index contributed by atoms with van der Waals surface area (Å²) in [6, 6.07) is 7.36. The Balaban J connectivity index is 2.13. The van der Waals surface area contributed by atoms with Crippen molar-refractivity contribution in [1.29, 1.82) is 0 Å². The average molecular weight is 322 g/mol. The van der Waals surface area contributed by atoms with Gasteiger partial charge < -0.3 is 5.32 Å². The van der Waals surface area contributed by atoms with Gasteiger partial charge in [-0.25, -0.2) is 0 Å². The van der Waals surface area contributed by atoms with E-state index in [-0.39, 0.29) is 5.91 Å². The van der Waals surface area contributed by atoms with Gasteiger partial charge in [0, 0.05) is 21.8 Å². The van der Waals surface area contributed by atoms with Crippen LogP contribution in [-0.4, -0.2) is 16.1 Å². The van der Waals surface area contributed by atoms with Crippen molar-refractivity contribution in [3.63, 3.8) is 0 Å². The highest BCUT2D eigenvalue weighted by Crippen LogP contribution is 2.19. The Morgan fingerprint density at radius 2 is 2.11 bits per heavy atom. The van der Waals surface area contributed by atoms with Gasteiger partial charge >= 0.3 is 0 Å². The van der Waals surface area contributed by atoms with E-state index in [9.17, 15) is 4.79 Å². The van der Waals surface area contributed by atoms with Crippen LogP contribution in [0, 0.1) is 6.92 Å². The Morgan fingerprint density at radius 3 is 2.68 bits per heavy atom. The van der Waals surface area contributed by atoms with E-state index in [0.29, 0.717) is 17.3 Å². The summed E-state index contributed by atoms with van der Waals surface area (Å²) in [6.07, 6.45) is 0. The Bertz CT molecular complexity index is 604. The smallest absolute Gasteiger partial charge is 0.256 e. The topological polar surface area (TPSA) is 57.8 Å². The number of aromatic amines is 1. The lowest BCUT2D eigenvalue weighted by Gasteiger charge is -2.04. The van der Waals surface area contributed by atoms with Crippen molar-refractivity contribution in [3.8, 4) is 0 Å². The fraction of sp³-hybridized carbons (Fsp3) is 0.286. The monoisotopic (exact) mass is 321 g/mol. The molecule has 2 N–H and O–H groups in total. The summed E-state index contributed by atoms with van der Waals surface area (Å²) in [5, 5.41) is 9.76. The van der Waals surface area contributed by atoms with Crippen LogP contribution in [0.5, 0.6) is 0 Å². The molecular weight excluding hydrogens is 306 g/mol. The molecule has 1 heterocycles. The van der Waals surface area contributed by atoms with Gasteiger partial charge in [0.25, 0.3) is 5.91 Å². The molecule has 0 radical (unpaired) electrons. The van der Waals surface area contributed by atoms with E-state index in [0.717, 1.165) is 15.7 Å². The summed E-state index contributed by atoms with van der Waals surface area (Å²) in [7, 11) is 0. The molecule has 4 nitrogen and oxygen atoms in total. The number of amides is 1. The molecule has 100 valence electrons. The number of benzene rings is 1. The summed E-state index contributed by atoms with van der Waals surface area (Å²) >= 11 is 3.42. The molecular formula is C14H16BrN3O. The van der Waals surface area contributed by atoms with E-state index >= 15 is 0 Å². The third-order valence-corrected chi connectivity index (χ3v) is 3.75. The van der Waals surface area contributed by atoms with Crippen LogP contribution in [0.4, 0.5) is 5.82 Å². The van der Waals surface area contributed by atoms with E-state index in [2.05, 4.69) is 45.3 Å². The molecule has 0 aliphatic carbocycles.